The van der Waals surface area contributed by atoms with Gasteiger partial charge in [-0.15, -0.1) is 0 Å². The zero-order chi connectivity index (χ0) is 10.6. The second kappa shape index (κ2) is 5.08. The maximum absolute atomic E-state index is 12.6. The molecule has 0 fully saturated rings. The highest BCUT2D eigenvalue weighted by Gasteiger charge is 2.13. The van der Waals surface area contributed by atoms with E-state index >= 15 is 0 Å². The normalized spacial score (nSPS) is 15.1. The summed E-state index contributed by atoms with van der Waals surface area (Å²) in [6, 6.07) is 6.27. The van der Waals surface area contributed by atoms with Gasteiger partial charge < -0.3 is 11.5 Å². The first-order valence-corrected chi connectivity index (χ1v) is 4.86. The summed E-state index contributed by atoms with van der Waals surface area (Å²) in [4.78, 5) is 0. The SMILES string of the molecule is CC(CCN)C(N)c1ccc(F)cc1. The van der Waals surface area contributed by atoms with Crippen LogP contribution in [0.5, 0.6) is 0 Å². The third kappa shape index (κ3) is 2.79. The van der Waals surface area contributed by atoms with Crippen LogP contribution in [-0.4, -0.2) is 6.54 Å². The van der Waals surface area contributed by atoms with Crippen LogP contribution in [0.4, 0.5) is 4.39 Å². The molecule has 0 amide bonds. The molecule has 0 aliphatic rings. The second-order valence-electron chi connectivity index (χ2n) is 3.63. The Labute approximate surface area is 84.1 Å². The van der Waals surface area contributed by atoms with E-state index in [1.165, 1.54) is 12.1 Å². The van der Waals surface area contributed by atoms with E-state index in [9.17, 15) is 4.39 Å². The van der Waals surface area contributed by atoms with Gasteiger partial charge in [0.05, 0.1) is 0 Å². The number of halogens is 1. The van der Waals surface area contributed by atoms with Crippen LogP contribution in [0.1, 0.15) is 24.9 Å². The molecule has 1 aromatic carbocycles. The molecule has 0 aromatic heterocycles. The van der Waals surface area contributed by atoms with Crippen LogP contribution in [0.15, 0.2) is 24.3 Å². The Morgan fingerprint density at radius 3 is 2.36 bits per heavy atom. The first kappa shape index (κ1) is 11.1. The van der Waals surface area contributed by atoms with Crippen LogP contribution in [0, 0.1) is 11.7 Å². The lowest BCUT2D eigenvalue weighted by Gasteiger charge is -2.19. The smallest absolute Gasteiger partial charge is 0.123 e. The van der Waals surface area contributed by atoms with Crippen molar-refractivity contribution in [3.63, 3.8) is 0 Å². The second-order valence-corrected chi connectivity index (χ2v) is 3.63. The van der Waals surface area contributed by atoms with Crippen LogP contribution < -0.4 is 11.5 Å². The number of hydrogen-bond acceptors (Lipinski definition) is 2. The van der Waals surface area contributed by atoms with Gasteiger partial charge in [-0.1, -0.05) is 19.1 Å². The summed E-state index contributed by atoms with van der Waals surface area (Å²) in [6.07, 6.45) is 0.887. The maximum Gasteiger partial charge on any atom is 0.123 e. The molecule has 0 aliphatic carbocycles. The lowest BCUT2D eigenvalue weighted by Crippen LogP contribution is -2.21. The fourth-order valence-electron chi connectivity index (χ4n) is 1.46. The van der Waals surface area contributed by atoms with E-state index in [-0.39, 0.29) is 11.9 Å². The zero-order valence-electron chi connectivity index (χ0n) is 8.41. The highest BCUT2D eigenvalue weighted by Crippen LogP contribution is 2.21. The van der Waals surface area contributed by atoms with Crippen molar-refractivity contribution in [2.24, 2.45) is 17.4 Å². The molecular weight excluding hydrogens is 179 g/mol. The summed E-state index contributed by atoms with van der Waals surface area (Å²) in [5.74, 6) is 0.0953. The molecule has 0 saturated heterocycles. The molecule has 14 heavy (non-hydrogen) atoms. The molecule has 4 N–H and O–H groups in total. The van der Waals surface area contributed by atoms with Crippen molar-refractivity contribution < 1.29 is 4.39 Å². The summed E-state index contributed by atoms with van der Waals surface area (Å²) < 4.78 is 12.6. The van der Waals surface area contributed by atoms with Gasteiger partial charge in [0.2, 0.25) is 0 Å². The Bertz CT molecular complexity index is 271. The Morgan fingerprint density at radius 1 is 1.29 bits per heavy atom. The monoisotopic (exact) mass is 196 g/mol. The van der Waals surface area contributed by atoms with E-state index in [1.807, 2.05) is 0 Å². The quantitative estimate of drug-likeness (QED) is 0.771. The van der Waals surface area contributed by atoms with Crippen molar-refractivity contribution in [1.29, 1.82) is 0 Å². The third-order valence-electron chi connectivity index (χ3n) is 2.49. The Kier molecular flexibility index (Phi) is 4.04. The fourth-order valence-corrected chi connectivity index (χ4v) is 1.46. The van der Waals surface area contributed by atoms with E-state index in [1.54, 1.807) is 12.1 Å². The van der Waals surface area contributed by atoms with E-state index in [0.717, 1.165) is 12.0 Å². The molecule has 1 aromatic rings. The van der Waals surface area contributed by atoms with Gasteiger partial charge in [-0.05, 0) is 36.6 Å². The van der Waals surface area contributed by atoms with Gasteiger partial charge in [-0.2, -0.15) is 0 Å². The van der Waals surface area contributed by atoms with Crippen molar-refractivity contribution in [3.05, 3.63) is 35.6 Å². The standard InChI is InChI=1S/C11H17FN2/c1-8(6-7-13)11(14)9-2-4-10(12)5-3-9/h2-5,8,11H,6-7,13-14H2,1H3. The van der Waals surface area contributed by atoms with Gasteiger partial charge in [-0.3, -0.25) is 0 Å². The molecule has 3 heteroatoms. The maximum atomic E-state index is 12.6. The van der Waals surface area contributed by atoms with Gasteiger partial charge >= 0.3 is 0 Å². The lowest BCUT2D eigenvalue weighted by atomic mass is 9.93. The van der Waals surface area contributed by atoms with Gasteiger partial charge in [0.1, 0.15) is 5.82 Å². The molecule has 2 nitrogen and oxygen atoms in total. The highest BCUT2D eigenvalue weighted by molar-refractivity contribution is 5.20. The van der Waals surface area contributed by atoms with Crippen molar-refractivity contribution in [2.45, 2.75) is 19.4 Å². The lowest BCUT2D eigenvalue weighted by molar-refractivity contribution is 0.444. The summed E-state index contributed by atoms with van der Waals surface area (Å²) in [6.45, 7) is 2.69. The molecule has 0 spiro atoms. The average molecular weight is 196 g/mol. The predicted octanol–water partition coefficient (Wildman–Crippen LogP) is 1.81. The first-order chi connectivity index (χ1) is 6.65. The highest BCUT2D eigenvalue weighted by atomic mass is 19.1. The molecule has 2 unspecified atom stereocenters. The fraction of sp³-hybridized carbons (Fsp3) is 0.455. The first-order valence-electron chi connectivity index (χ1n) is 4.86. The van der Waals surface area contributed by atoms with Crippen LogP contribution in [0.2, 0.25) is 0 Å². The number of rotatable bonds is 4. The summed E-state index contributed by atoms with van der Waals surface area (Å²) in [5.41, 5.74) is 12.4. The molecule has 0 saturated carbocycles. The molecule has 78 valence electrons. The van der Waals surface area contributed by atoms with Crippen LogP contribution in [0.3, 0.4) is 0 Å². The van der Waals surface area contributed by atoms with Crippen LogP contribution in [0.25, 0.3) is 0 Å². The van der Waals surface area contributed by atoms with Crippen LogP contribution in [-0.2, 0) is 0 Å². The third-order valence-corrected chi connectivity index (χ3v) is 2.49. The minimum Gasteiger partial charge on any atom is -0.330 e. The molecule has 2 atom stereocenters. The summed E-state index contributed by atoms with van der Waals surface area (Å²) >= 11 is 0. The van der Waals surface area contributed by atoms with E-state index in [4.69, 9.17) is 11.5 Å². The Balaban J connectivity index is 2.68. The zero-order valence-corrected chi connectivity index (χ0v) is 8.41. The van der Waals surface area contributed by atoms with Gasteiger partial charge in [0.25, 0.3) is 0 Å². The molecule has 1 rings (SSSR count). The minimum atomic E-state index is -0.229. The Morgan fingerprint density at radius 2 is 1.86 bits per heavy atom. The van der Waals surface area contributed by atoms with Crippen molar-refractivity contribution in [2.75, 3.05) is 6.54 Å². The molecule has 0 aliphatic heterocycles. The van der Waals surface area contributed by atoms with Gasteiger partial charge in [0.15, 0.2) is 0 Å². The van der Waals surface area contributed by atoms with Gasteiger partial charge in [0, 0.05) is 6.04 Å². The Hall–Kier alpha value is -0.930. The average Bonchev–Trinajstić information content (AvgIpc) is 2.18. The number of hydrogen-bond donors (Lipinski definition) is 2. The van der Waals surface area contributed by atoms with E-state index < -0.39 is 0 Å². The van der Waals surface area contributed by atoms with Gasteiger partial charge in [-0.25, -0.2) is 4.39 Å². The summed E-state index contributed by atoms with van der Waals surface area (Å²) in [5, 5.41) is 0. The van der Waals surface area contributed by atoms with Crippen molar-refractivity contribution in [3.8, 4) is 0 Å². The van der Waals surface area contributed by atoms with E-state index in [0.29, 0.717) is 12.5 Å². The van der Waals surface area contributed by atoms with Crippen LogP contribution >= 0.6 is 0 Å². The van der Waals surface area contributed by atoms with Crippen molar-refractivity contribution >= 4 is 0 Å². The molecular formula is C11H17FN2. The molecule has 0 bridgehead atoms. The topological polar surface area (TPSA) is 52.0 Å². The number of nitrogens with two attached hydrogens (primary N) is 2. The van der Waals surface area contributed by atoms with Crippen molar-refractivity contribution in [1.82, 2.24) is 0 Å². The predicted molar refractivity (Wildman–Crippen MR) is 56.2 cm³/mol. The molecule has 0 heterocycles. The molecule has 0 radical (unpaired) electrons. The summed E-state index contributed by atoms with van der Waals surface area (Å²) in [7, 11) is 0. The minimum absolute atomic E-state index is 0.0563. The number of benzene rings is 1. The van der Waals surface area contributed by atoms with E-state index in [2.05, 4.69) is 6.92 Å². The largest absolute Gasteiger partial charge is 0.330 e.